The Labute approximate surface area is 141 Å². The molecular formula is C18H22N2O4. The number of hydrogen-bond acceptors (Lipinski definition) is 5. The first-order valence-corrected chi connectivity index (χ1v) is 7.47. The SMILES string of the molecule is COc1cc(CNC(=O)Cc2cccc(N)c2)cc(OC)c1OC. The van der Waals surface area contributed by atoms with Crippen molar-refractivity contribution in [3.05, 3.63) is 47.5 Å². The van der Waals surface area contributed by atoms with Gasteiger partial charge in [-0.2, -0.15) is 0 Å². The van der Waals surface area contributed by atoms with Crippen molar-refractivity contribution in [2.45, 2.75) is 13.0 Å². The summed E-state index contributed by atoms with van der Waals surface area (Å²) in [5, 5.41) is 2.88. The molecule has 0 bridgehead atoms. The molecule has 0 aromatic heterocycles. The van der Waals surface area contributed by atoms with Gasteiger partial charge >= 0.3 is 0 Å². The second-order valence-corrected chi connectivity index (χ2v) is 5.23. The highest BCUT2D eigenvalue weighted by Crippen LogP contribution is 2.38. The van der Waals surface area contributed by atoms with E-state index in [2.05, 4.69) is 5.32 Å². The fourth-order valence-corrected chi connectivity index (χ4v) is 2.39. The molecule has 0 unspecified atom stereocenters. The number of carbonyl (C=O) groups excluding carboxylic acids is 1. The highest BCUT2D eigenvalue weighted by atomic mass is 16.5. The molecule has 0 fully saturated rings. The normalized spacial score (nSPS) is 10.1. The van der Waals surface area contributed by atoms with Gasteiger partial charge in [-0.25, -0.2) is 0 Å². The minimum absolute atomic E-state index is 0.0886. The first kappa shape index (κ1) is 17.5. The fraction of sp³-hybridized carbons (Fsp3) is 0.278. The maximum Gasteiger partial charge on any atom is 0.224 e. The van der Waals surface area contributed by atoms with Gasteiger partial charge in [-0.05, 0) is 35.4 Å². The van der Waals surface area contributed by atoms with Gasteiger partial charge in [0.2, 0.25) is 11.7 Å². The van der Waals surface area contributed by atoms with Gasteiger partial charge in [0.1, 0.15) is 0 Å². The molecule has 2 aromatic carbocycles. The molecule has 0 aliphatic heterocycles. The van der Waals surface area contributed by atoms with Crippen LogP contribution in [0.3, 0.4) is 0 Å². The molecular weight excluding hydrogens is 308 g/mol. The van der Waals surface area contributed by atoms with Gasteiger partial charge in [-0.3, -0.25) is 4.79 Å². The molecule has 6 heteroatoms. The lowest BCUT2D eigenvalue weighted by molar-refractivity contribution is -0.120. The largest absolute Gasteiger partial charge is 0.493 e. The minimum atomic E-state index is -0.0886. The number of rotatable bonds is 7. The van der Waals surface area contributed by atoms with Crippen LogP contribution in [0.5, 0.6) is 17.2 Å². The summed E-state index contributed by atoms with van der Waals surface area (Å²) < 4.78 is 15.9. The first-order valence-electron chi connectivity index (χ1n) is 7.47. The molecule has 24 heavy (non-hydrogen) atoms. The Bertz CT molecular complexity index is 691. The molecule has 2 rings (SSSR count). The van der Waals surface area contributed by atoms with E-state index in [9.17, 15) is 4.79 Å². The predicted octanol–water partition coefficient (Wildman–Crippen LogP) is 2.15. The van der Waals surface area contributed by atoms with E-state index in [1.165, 1.54) is 0 Å². The molecule has 0 aliphatic rings. The van der Waals surface area contributed by atoms with E-state index in [-0.39, 0.29) is 12.3 Å². The van der Waals surface area contributed by atoms with Crippen molar-refractivity contribution in [2.75, 3.05) is 27.1 Å². The topological polar surface area (TPSA) is 82.8 Å². The predicted molar refractivity (Wildman–Crippen MR) is 92.5 cm³/mol. The second-order valence-electron chi connectivity index (χ2n) is 5.23. The number of benzene rings is 2. The molecule has 0 radical (unpaired) electrons. The molecule has 0 saturated heterocycles. The van der Waals surface area contributed by atoms with Crippen molar-refractivity contribution in [1.82, 2.24) is 5.32 Å². The van der Waals surface area contributed by atoms with Gasteiger partial charge in [-0.1, -0.05) is 12.1 Å². The van der Waals surface area contributed by atoms with Gasteiger partial charge in [0.05, 0.1) is 27.8 Å². The Morgan fingerprint density at radius 2 is 1.67 bits per heavy atom. The number of hydrogen-bond donors (Lipinski definition) is 2. The number of carbonyl (C=O) groups is 1. The third-order valence-corrected chi connectivity index (χ3v) is 3.53. The van der Waals surface area contributed by atoms with Gasteiger partial charge in [-0.15, -0.1) is 0 Å². The van der Waals surface area contributed by atoms with E-state index in [4.69, 9.17) is 19.9 Å². The molecule has 6 nitrogen and oxygen atoms in total. The monoisotopic (exact) mass is 330 g/mol. The van der Waals surface area contributed by atoms with Crippen LogP contribution in [0, 0.1) is 0 Å². The van der Waals surface area contributed by atoms with Crippen LogP contribution < -0.4 is 25.3 Å². The van der Waals surface area contributed by atoms with Crippen LogP contribution in [-0.4, -0.2) is 27.2 Å². The molecule has 0 heterocycles. The van der Waals surface area contributed by atoms with E-state index < -0.39 is 0 Å². The Hall–Kier alpha value is -2.89. The van der Waals surface area contributed by atoms with Gasteiger partial charge in [0.25, 0.3) is 0 Å². The van der Waals surface area contributed by atoms with Crippen molar-refractivity contribution in [3.8, 4) is 17.2 Å². The Morgan fingerprint density at radius 3 is 2.21 bits per heavy atom. The maximum atomic E-state index is 12.1. The summed E-state index contributed by atoms with van der Waals surface area (Å²) in [4.78, 5) is 12.1. The smallest absolute Gasteiger partial charge is 0.224 e. The van der Waals surface area contributed by atoms with Crippen molar-refractivity contribution in [2.24, 2.45) is 0 Å². The number of nitrogens with one attached hydrogen (secondary N) is 1. The lowest BCUT2D eigenvalue weighted by Gasteiger charge is -2.14. The number of ether oxygens (including phenoxy) is 3. The number of nitrogens with two attached hydrogens (primary N) is 1. The lowest BCUT2D eigenvalue weighted by atomic mass is 10.1. The van der Waals surface area contributed by atoms with E-state index >= 15 is 0 Å². The summed E-state index contributed by atoms with van der Waals surface area (Å²) >= 11 is 0. The van der Waals surface area contributed by atoms with Gasteiger partial charge in [0, 0.05) is 12.2 Å². The molecule has 128 valence electrons. The Kier molecular flexibility index (Phi) is 5.89. The fourth-order valence-electron chi connectivity index (χ4n) is 2.39. The van der Waals surface area contributed by atoms with E-state index in [0.29, 0.717) is 29.5 Å². The zero-order chi connectivity index (χ0) is 17.5. The quantitative estimate of drug-likeness (QED) is 0.760. The van der Waals surface area contributed by atoms with Crippen LogP contribution in [0.4, 0.5) is 5.69 Å². The summed E-state index contributed by atoms with van der Waals surface area (Å²) in [6.45, 7) is 0.359. The average molecular weight is 330 g/mol. The summed E-state index contributed by atoms with van der Waals surface area (Å²) in [7, 11) is 4.66. The third-order valence-electron chi connectivity index (χ3n) is 3.53. The highest BCUT2D eigenvalue weighted by Gasteiger charge is 2.13. The van der Waals surface area contributed by atoms with Gasteiger partial charge < -0.3 is 25.3 Å². The highest BCUT2D eigenvalue weighted by molar-refractivity contribution is 5.78. The summed E-state index contributed by atoms with van der Waals surface area (Å²) in [5.74, 6) is 1.54. The van der Waals surface area contributed by atoms with Crippen molar-refractivity contribution in [3.63, 3.8) is 0 Å². The molecule has 0 saturated carbocycles. The average Bonchev–Trinajstić information content (AvgIpc) is 2.58. The third kappa shape index (κ3) is 4.32. The first-order chi connectivity index (χ1) is 11.6. The molecule has 0 aliphatic carbocycles. The van der Waals surface area contributed by atoms with Gasteiger partial charge in [0.15, 0.2) is 11.5 Å². The van der Waals surface area contributed by atoms with Crippen molar-refractivity contribution >= 4 is 11.6 Å². The molecule has 3 N–H and O–H groups in total. The van der Waals surface area contributed by atoms with E-state index in [0.717, 1.165) is 11.1 Å². The maximum absolute atomic E-state index is 12.1. The minimum Gasteiger partial charge on any atom is -0.493 e. The van der Waals surface area contributed by atoms with Crippen LogP contribution in [0.1, 0.15) is 11.1 Å². The standard InChI is InChI=1S/C18H22N2O4/c1-22-15-8-13(9-16(23-2)18(15)24-3)11-20-17(21)10-12-5-4-6-14(19)7-12/h4-9H,10-11,19H2,1-3H3,(H,20,21). The van der Waals surface area contributed by atoms with E-state index in [1.807, 2.05) is 24.3 Å². The molecule has 0 spiro atoms. The zero-order valence-electron chi connectivity index (χ0n) is 14.1. The molecule has 0 atom stereocenters. The Balaban J connectivity index is 2.04. The van der Waals surface area contributed by atoms with Crippen LogP contribution in [-0.2, 0) is 17.8 Å². The second kappa shape index (κ2) is 8.10. The van der Waals surface area contributed by atoms with Crippen molar-refractivity contribution < 1.29 is 19.0 Å². The number of methoxy groups -OCH3 is 3. The summed E-state index contributed by atoms with van der Waals surface area (Å²) in [6.07, 6.45) is 0.273. The van der Waals surface area contributed by atoms with Crippen LogP contribution in [0.15, 0.2) is 36.4 Å². The van der Waals surface area contributed by atoms with Crippen molar-refractivity contribution in [1.29, 1.82) is 0 Å². The number of nitrogen functional groups attached to an aromatic ring is 1. The summed E-state index contributed by atoms with van der Waals surface area (Å²) in [5.41, 5.74) is 8.09. The number of amides is 1. The zero-order valence-corrected chi connectivity index (χ0v) is 14.1. The lowest BCUT2D eigenvalue weighted by Crippen LogP contribution is -2.24. The molecule has 2 aromatic rings. The Morgan fingerprint density at radius 1 is 1.00 bits per heavy atom. The van der Waals surface area contributed by atoms with E-state index in [1.54, 1.807) is 33.5 Å². The molecule has 1 amide bonds. The number of anilines is 1. The van der Waals surface area contributed by atoms with Crippen LogP contribution >= 0.6 is 0 Å². The summed E-state index contributed by atoms with van der Waals surface area (Å²) in [6, 6.07) is 10.9. The van der Waals surface area contributed by atoms with Crippen LogP contribution in [0.25, 0.3) is 0 Å². The van der Waals surface area contributed by atoms with Crippen LogP contribution in [0.2, 0.25) is 0 Å².